The molecule has 0 fully saturated rings. The van der Waals surface area contributed by atoms with Crippen LogP contribution in [0, 0.1) is 0 Å². The second-order valence-corrected chi connectivity index (χ2v) is 5.94. The molecule has 0 aliphatic carbocycles. The van der Waals surface area contributed by atoms with E-state index < -0.39 is 0 Å². The maximum atomic E-state index is 4.53. The summed E-state index contributed by atoms with van der Waals surface area (Å²) < 4.78 is 0. The van der Waals surface area contributed by atoms with E-state index in [1.807, 2.05) is 18.5 Å². The number of aromatic amines is 1. The number of benzene rings is 1. The predicted molar refractivity (Wildman–Crippen MR) is 84.0 cm³/mol. The molecule has 1 atom stereocenters. The normalized spacial score (nSPS) is 13.6. The van der Waals surface area contributed by atoms with Crippen LogP contribution in [-0.2, 0) is 5.41 Å². The fourth-order valence-corrected chi connectivity index (χ4v) is 2.88. The maximum Gasteiger partial charge on any atom is 0.0456 e. The highest BCUT2D eigenvalue weighted by atomic mass is 14.7. The van der Waals surface area contributed by atoms with Crippen LogP contribution >= 0.6 is 0 Å². The Labute approximate surface area is 119 Å². The van der Waals surface area contributed by atoms with Crippen LogP contribution < -0.4 is 0 Å². The first kappa shape index (κ1) is 12.9. The third-order valence-electron chi connectivity index (χ3n) is 4.50. The van der Waals surface area contributed by atoms with Crippen molar-refractivity contribution in [1.82, 2.24) is 9.97 Å². The standard InChI is InChI=1S/C18H20N2/c1-13(16-8-4-5-11-19-16)18(2,3)15-7-6-9-17-14(15)10-12-20-17/h4-13,20H,1-3H3. The largest absolute Gasteiger partial charge is 0.361 e. The minimum atomic E-state index is 0.0239. The summed E-state index contributed by atoms with van der Waals surface area (Å²) in [5.41, 5.74) is 3.74. The summed E-state index contributed by atoms with van der Waals surface area (Å²) in [4.78, 5) is 7.83. The highest BCUT2D eigenvalue weighted by Crippen LogP contribution is 2.40. The Bertz CT molecular complexity index is 710. The lowest BCUT2D eigenvalue weighted by molar-refractivity contribution is 0.432. The number of nitrogens with one attached hydrogen (secondary N) is 1. The van der Waals surface area contributed by atoms with Gasteiger partial charge >= 0.3 is 0 Å². The molecule has 2 heteroatoms. The first-order valence-corrected chi connectivity index (χ1v) is 7.08. The molecule has 102 valence electrons. The summed E-state index contributed by atoms with van der Waals surface area (Å²) in [6.07, 6.45) is 3.88. The van der Waals surface area contributed by atoms with Crippen molar-refractivity contribution >= 4 is 10.9 Å². The Morgan fingerprint density at radius 1 is 1.05 bits per heavy atom. The molecule has 3 rings (SSSR count). The summed E-state index contributed by atoms with van der Waals surface area (Å²) in [5, 5.41) is 1.31. The Balaban J connectivity index is 2.09. The highest BCUT2D eigenvalue weighted by molar-refractivity contribution is 5.84. The lowest BCUT2D eigenvalue weighted by atomic mass is 9.72. The molecule has 1 unspecified atom stereocenters. The molecule has 1 aromatic carbocycles. The van der Waals surface area contributed by atoms with Gasteiger partial charge in [0, 0.05) is 34.9 Å². The van der Waals surface area contributed by atoms with E-state index in [4.69, 9.17) is 0 Å². The van der Waals surface area contributed by atoms with Crippen LogP contribution in [0.2, 0.25) is 0 Å². The SMILES string of the molecule is CC(c1ccccn1)C(C)(C)c1cccc2[nH]ccc12. The van der Waals surface area contributed by atoms with E-state index in [0.717, 1.165) is 5.69 Å². The smallest absolute Gasteiger partial charge is 0.0456 e. The van der Waals surface area contributed by atoms with Crippen molar-refractivity contribution in [3.63, 3.8) is 0 Å². The van der Waals surface area contributed by atoms with Crippen molar-refractivity contribution in [2.45, 2.75) is 32.1 Å². The molecule has 2 aromatic heterocycles. The lowest BCUT2D eigenvalue weighted by Gasteiger charge is -2.32. The second-order valence-electron chi connectivity index (χ2n) is 5.94. The van der Waals surface area contributed by atoms with Crippen LogP contribution in [0.3, 0.4) is 0 Å². The molecule has 0 radical (unpaired) electrons. The fraction of sp³-hybridized carbons (Fsp3) is 0.278. The van der Waals surface area contributed by atoms with Crippen LogP contribution in [0.15, 0.2) is 54.9 Å². The molecule has 0 spiro atoms. The van der Waals surface area contributed by atoms with E-state index in [1.165, 1.54) is 16.5 Å². The van der Waals surface area contributed by atoms with Crippen LogP contribution in [-0.4, -0.2) is 9.97 Å². The van der Waals surface area contributed by atoms with E-state index in [-0.39, 0.29) is 5.41 Å². The van der Waals surface area contributed by atoms with Crippen molar-refractivity contribution in [1.29, 1.82) is 0 Å². The van der Waals surface area contributed by atoms with Gasteiger partial charge in [0.05, 0.1) is 0 Å². The third kappa shape index (κ3) is 2.01. The Morgan fingerprint density at radius 3 is 2.65 bits per heavy atom. The van der Waals surface area contributed by atoms with Crippen LogP contribution in [0.5, 0.6) is 0 Å². The van der Waals surface area contributed by atoms with Gasteiger partial charge < -0.3 is 4.98 Å². The van der Waals surface area contributed by atoms with E-state index >= 15 is 0 Å². The van der Waals surface area contributed by atoms with Gasteiger partial charge in [-0.25, -0.2) is 0 Å². The molecular weight excluding hydrogens is 244 g/mol. The van der Waals surface area contributed by atoms with Crippen LogP contribution in [0.25, 0.3) is 10.9 Å². The molecular formula is C18H20N2. The molecule has 1 N–H and O–H groups in total. The van der Waals surface area contributed by atoms with Crippen LogP contribution in [0.1, 0.15) is 37.9 Å². The zero-order valence-electron chi connectivity index (χ0n) is 12.2. The Kier molecular flexibility index (Phi) is 3.09. The van der Waals surface area contributed by atoms with Gasteiger partial charge in [-0.05, 0) is 35.2 Å². The highest BCUT2D eigenvalue weighted by Gasteiger charge is 2.31. The van der Waals surface area contributed by atoms with Crippen molar-refractivity contribution in [2.75, 3.05) is 0 Å². The number of aromatic nitrogens is 2. The summed E-state index contributed by atoms with van der Waals surface area (Å²) in [7, 11) is 0. The Morgan fingerprint density at radius 2 is 1.90 bits per heavy atom. The average Bonchev–Trinajstić information content (AvgIpc) is 2.95. The lowest BCUT2D eigenvalue weighted by Crippen LogP contribution is -2.25. The van der Waals surface area contributed by atoms with Gasteiger partial charge in [-0.3, -0.25) is 4.98 Å². The molecule has 0 bridgehead atoms. The summed E-state index contributed by atoms with van der Waals surface area (Å²) in [6.45, 7) is 6.86. The third-order valence-corrected chi connectivity index (χ3v) is 4.50. The minimum Gasteiger partial charge on any atom is -0.361 e. The number of H-pyrrole nitrogens is 1. The van der Waals surface area contributed by atoms with E-state index in [9.17, 15) is 0 Å². The monoisotopic (exact) mass is 264 g/mol. The van der Waals surface area contributed by atoms with Crippen molar-refractivity contribution in [3.05, 3.63) is 66.1 Å². The molecule has 3 aromatic rings. The minimum absolute atomic E-state index is 0.0239. The van der Waals surface area contributed by atoms with Gasteiger partial charge in [-0.15, -0.1) is 0 Å². The summed E-state index contributed by atoms with van der Waals surface area (Å²) in [6, 6.07) is 14.8. The van der Waals surface area contributed by atoms with Gasteiger partial charge in [0.2, 0.25) is 0 Å². The zero-order valence-corrected chi connectivity index (χ0v) is 12.2. The number of fused-ring (bicyclic) bond motifs is 1. The predicted octanol–water partition coefficient (Wildman–Crippen LogP) is 4.64. The molecule has 2 nitrogen and oxygen atoms in total. The number of hydrogen-bond acceptors (Lipinski definition) is 1. The number of hydrogen-bond donors (Lipinski definition) is 1. The van der Waals surface area contributed by atoms with Crippen molar-refractivity contribution < 1.29 is 0 Å². The fourth-order valence-electron chi connectivity index (χ4n) is 2.88. The van der Waals surface area contributed by atoms with Gasteiger partial charge in [0.25, 0.3) is 0 Å². The molecule has 0 amide bonds. The molecule has 0 aliphatic rings. The van der Waals surface area contributed by atoms with Crippen LogP contribution in [0.4, 0.5) is 0 Å². The number of nitrogens with zero attached hydrogens (tertiary/aromatic N) is 1. The van der Waals surface area contributed by atoms with Gasteiger partial charge in [0.15, 0.2) is 0 Å². The first-order valence-electron chi connectivity index (χ1n) is 7.08. The summed E-state index contributed by atoms with van der Waals surface area (Å²) in [5.74, 6) is 0.351. The molecule has 20 heavy (non-hydrogen) atoms. The molecule has 0 aliphatic heterocycles. The first-order chi connectivity index (χ1) is 9.60. The van der Waals surface area contributed by atoms with Crippen molar-refractivity contribution in [3.8, 4) is 0 Å². The van der Waals surface area contributed by atoms with Gasteiger partial charge in [0.1, 0.15) is 0 Å². The van der Waals surface area contributed by atoms with Gasteiger partial charge in [-0.2, -0.15) is 0 Å². The second kappa shape index (κ2) is 4.78. The average molecular weight is 264 g/mol. The molecule has 2 heterocycles. The van der Waals surface area contributed by atoms with Crippen molar-refractivity contribution in [2.24, 2.45) is 0 Å². The Hall–Kier alpha value is -2.09. The summed E-state index contributed by atoms with van der Waals surface area (Å²) >= 11 is 0. The van der Waals surface area contributed by atoms with Gasteiger partial charge in [-0.1, -0.05) is 39.0 Å². The number of rotatable bonds is 3. The topological polar surface area (TPSA) is 28.7 Å². The van der Waals surface area contributed by atoms with E-state index in [2.05, 4.69) is 67.1 Å². The molecule has 0 saturated carbocycles. The number of pyridine rings is 1. The maximum absolute atomic E-state index is 4.53. The van der Waals surface area contributed by atoms with E-state index in [1.54, 1.807) is 0 Å². The van der Waals surface area contributed by atoms with E-state index in [0.29, 0.717) is 5.92 Å². The quantitative estimate of drug-likeness (QED) is 0.733. The molecule has 0 saturated heterocycles. The zero-order chi connectivity index (χ0) is 14.2.